The van der Waals surface area contributed by atoms with Crippen molar-refractivity contribution in [1.82, 2.24) is 0 Å². The summed E-state index contributed by atoms with van der Waals surface area (Å²) in [5, 5.41) is 0. The second kappa shape index (κ2) is 7.13. The summed E-state index contributed by atoms with van der Waals surface area (Å²) in [5.74, 6) is 0. The Hall–Kier alpha value is -2.71. The molecule has 0 spiro atoms. The fourth-order valence-corrected chi connectivity index (χ4v) is 3.24. The van der Waals surface area contributed by atoms with E-state index >= 15 is 0 Å². The van der Waals surface area contributed by atoms with Crippen molar-refractivity contribution in [1.29, 1.82) is 0 Å². The fourth-order valence-electron chi connectivity index (χ4n) is 3.24. The second-order valence-corrected chi connectivity index (χ2v) is 6.41. The molecule has 134 valence electrons. The molecule has 0 aromatic rings. The molecule has 0 aliphatic carbocycles. The molecule has 0 saturated carbocycles. The number of fused-ring (bicyclic) bond motifs is 4. The minimum absolute atomic E-state index is 0. The fraction of sp³-hybridized carbons (Fsp3) is 0.0909. The van der Waals surface area contributed by atoms with E-state index in [1.807, 2.05) is 60.8 Å². The second-order valence-electron chi connectivity index (χ2n) is 6.41. The molecule has 0 aromatic carbocycles. The van der Waals surface area contributed by atoms with Crippen molar-refractivity contribution in [2.75, 3.05) is 0 Å². The zero-order valence-electron chi connectivity index (χ0n) is 14.7. The van der Waals surface area contributed by atoms with Gasteiger partial charge >= 0.3 is 0 Å². The van der Waals surface area contributed by atoms with Crippen LogP contribution in [0.2, 0.25) is 0 Å². The van der Waals surface area contributed by atoms with E-state index in [1.165, 1.54) is 5.57 Å². The van der Waals surface area contributed by atoms with E-state index in [4.69, 9.17) is 4.99 Å². The largest absolute Gasteiger partial charge is 0.249 e. The van der Waals surface area contributed by atoms with Gasteiger partial charge in [-0.15, -0.1) is 0 Å². The Morgan fingerprint density at radius 1 is 0.556 bits per heavy atom. The van der Waals surface area contributed by atoms with Gasteiger partial charge < -0.3 is 0 Å². The molecule has 5 aliphatic rings. The first-order valence-corrected chi connectivity index (χ1v) is 8.72. The number of aliphatic imine (C=N–C) groups is 4. The number of hydrogen-bond donors (Lipinski definition) is 0. The zero-order valence-corrected chi connectivity index (χ0v) is 16.9. The molecular weight excluding hydrogens is 515 g/mol. The van der Waals surface area contributed by atoms with E-state index < -0.39 is 0 Å². The maximum atomic E-state index is 4.77. The normalized spacial score (nSPS) is 21.4. The molecule has 8 bridgehead atoms. The van der Waals surface area contributed by atoms with Gasteiger partial charge in [-0.2, -0.15) is 0 Å². The van der Waals surface area contributed by atoms with Gasteiger partial charge in [0.15, 0.2) is 0 Å². The van der Waals surface area contributed by atoms with Crippen molar-refractivity contribution in [3.05, 3.63) is 95.2 Å². The Morgan fingerprint density at radius 2 is 1.04 bits per heavy atom. The van der Waals surface area contributed by atoms with Gasteiger partial charge in [0.2, 0.25) is 0 Å². The summed E-state index contributed by atoms with van der Waals surface area (Å²) >= 11 is 0. The smallest absolute Gasteiger partial charge is 0.0691 e. The van der Waals surface area contributed by atoms with E-state index in [-0.39, 0.29) is 21.1 Å². The molecule has 0 fully saturated rings. The van der Waals surface area contributed by atoms with E-state index in [1.54, 1.807) is 0 Å². The molecule has 0 radical (unpaired) electrons. The molecule has 0 amide bonds. The number of rotatable bonds is 1. The van der Waals surface area contributed by atoms with Crippen LogP contribution in [0.4, 0.5) is 0 Å². The van der Waals surface area contributed by atoms with Gasteiger partial charge in [-0.1, -0.05) is 6.92 Å². The summed E-state index contributed by atoms with van der Waals surface area (Å²) in [6, 6.07) is 0. The molecule has 0 unspecified atom stereocenters. The van der Waals surface area contributed by atoms with Gasteiger partial charge in [0.1, 0.15) is 0 Å². The first-order chi connectivity index (χ1) is 12.7. The number of allylic oxidation sites excluding steroid dienone is 12. The van der Waals surface area contributed by atoms with Crippen LogP contribution in [0.25, 0.3) is 0 Å². The van der Waals surface area contributed by atoms with Crippen LogP contribution in [0, 0.1) is 0 Å². The Balaban J connectivity index is 0.00000180. The van der Waals surface area contributed by atoms with Crippen molar-refractivity contribution >= 4 is 22.8 Å². The molecule has 0 saturated heterocycles. The SMILES string of the molecule is CCC1=CC2=CC3=NC(=CC4=NC(=CC5=NC(=CC1=N2)C=C5)C=C4)C=C3.[Pt]. The predicted molar refractivity (Wildman–Crippen MR) is 108 cm³/mol. The van der Waals surface area contributed by atoms with Crippen LogP contribution < -0.4 is 0 Å². The van der Waals surface area contributed by atoms with Gasteiger partial charge in [-0.05, 0) is 78.8 Å². The van der Waals surface area contributed by atoms with Crippen LogP contribution in [0.15, 0.2) is 115 Å². The molecule has 27 heavy (non-hydrogen) atoms. The molecule has 4 nitrogen and oxygen atoms in total. The Labute approximate surface area is 172 Å². The third kappa shape index (κ3) is 3.58. The van der Waals surface area contributed by atoms with Crippen LogP contribution >= 0.6 is 0 Å². The molecule has 0 atom stereocenters. The maximum Gasteiger partial charge on any atom is 0.0691 e. The zero-order chi connectivity index (χ0) is 17.5. The van der Waals surface area contributed by atoms with Gasteiger partial charge in [0.05, 0.1) is 45.6 Å². The molecule has 0 aromatic heterocycles. The van der Waals surface area contributed by atoms with Crippen LogP contribution in [0.3, 0.4) is 0 Å². The quantitative estimate of drug-likeness (QED) is 0.483. The van der Waals surface area contributed by atoms with Crippen LogP contribution in [0.1, 0.15) is 13.3 Å². The molecule has 5 heteroatoms. The minimum Gasteiger partial charge on any atom is -0.249 e. The minimum atomic E-state index is 0. The standard InChI is InChI=1S/C22H16N4.Pt/c1-2-14-9-21-12-19-6-5-17(24-19)10-15-3-4-16(23-15)11-18-7-8-20(25-18)13-22(14)26-21;/h3-13H,2H2,1H3;. The van der Waals surface area contributed by atoms with E-state index in [0.29, 0.717) is 0 Å². The van der Waals surface area contributed by atoms with Crippen molar-refractivity contribution in [2.45, 2.75) is 13.3 Å². The summed E-state index contributed by atoms with van der Waals surface area (Å²) in [4.78, 5) is 18.7. The summed E-state index contributed by atoms with van der Waals surface area (Å²) in [5.41, 5.74) is 8.53. The predicted octanol–water partition coefficient (Wildman–Crippen LogP) is 4.36. The first-order valence-electron chi connectivity index (χ1n) is 8.72. The molecule has 5 rings (SSSR count). The van der Waals surface area contributed by atoms with E-state index in [9.17, 15) is 0 Å². The summed E-state index contributed by atoms with van der Waals surface area (Å²) in [7, 11) is 0. The van der Waals surface area contributed by atoms with E-state index in [0.717, 1.165) is 52.1 Å². The van der Waals surface area contributed by atoms with Crippen LogP contribution in [-0.2, 0) is 21.1 Å². The van der Waals surface area contributed by atoms with Gasteiger partial charge in [-0.25, -0.2) is 20.0 Å². The Bertz CT molecular complexity index is 1090. The third-order valence-electron chi connectivity index (χ3n) is 4.50. The molecule has 0 N–H and O–H groups in total. The summed E-state index contributed by atoms with van der Waals surface area (Å²) < 4.78 is 0. The van der Waals surface area contributed by atoms with Gasteiger partial charge in [0.25, 0.3) is 0 Å². The molecule has 5 aliphatic heterocycles. The third-order valence-corrected chi connectivity index (χ3v) is 4.50. The maximum absolute atomic E-state index is 4.77. The number of nitrogens with zero attached hydrogens (tertiary/aromatic N) is 4. The van der Waals surface area contributed by atoms with E-state index in [2.05, 4.69) is 28.0 Å². The van der Waals surface area contributed by atoms with Crippen molar-refractivity contribution in [3.8, 4) is 0 Å². The summed E-state index contributed by atoms with van der Waals surface area (Å²) in [6.45, 7) is 2.14. The van der Waals surface area contributed by atoms with Crippen LogP contribution in [-0.4, -0.2) is 22.8 Å². The average molecular weight is 531 g/mol. The van der Waals surface area contributed by atoms with Gasteiger partial charge in [-0.3, -0.25) is 0 Å². The average Bonchev–Trinajstić information content (AvgIpc) is 3.39. The molecule has 5 heterocycles. The van der Waals surface area contributed by atoms with Crippen molar-refractivity contribution in [3.63, 3.8) is 0 Å². The Morgan fingerprint density at radius 3 is 1.56 bits per heavy atom. The molecular formula is C22H16N4Pt. The Kier molecular flexibility index (Phi) is 4.67. The summed E-state index contributed by atoms with van der Waals surface area (Å²) in [6.07, 6.45) is 23.1. The number of hydrogen-bond acceptors (Lipinski definition) is 4. The topological polar surface area (TPSA) is 49.4 Å². The van der Waals surface area contributed by atoms with Crippen molar-refractivity contribution < 1.29 is 21.1 Å². The van der Waals surface area contributed by atoms with Gasteiger partial charge in [0, 0.05) is 21.1 Å². The monoisotopic (exact) mass is 531 g/mol. The first kappa shape index (κ1) is 17.7. The van der Waals surface area contributed by atoms with Crippen molar-refractivity contribution in [2.24, 2.45) is 20.0 Å². The van der Waals surface area contributed by atoms with Crippen LogP contribution in [0.5, 0.6) is 0 Å².